The molecule has 1 heterocycles. The molecule has 3 heteroatoms. The molecule has 0 spiro atoms. The van der Waals surface area contributed by atoms with E-state index in [0.29, 0.717) is 6.61 Å². The first kappa shape index (κ1) is 9.65. The second kappa shape index (κ2) is 5.10. The Bertz CT molecular complexity index is 346. The lowest BCUT2D eigenvalue weighted by Gasteiger charge is -2.21. The second-order valence-corrected chi connectivity index (χ2v) is 3.18. The van der Waals surface area contributed by atoms with Gasteiger partial charge in [0.1, 0.15) is 12.4 Å². The van der Waals surface area contributed by atoms with E-state index in [-0.39, 0.29) is 0 Å². The third-order valence-electron chi connectivity index (χ3n) is 2.06. The van der Waals surface area contributed by atoms with Crippen molar-refractivity contribution in [1.82, 2.24) is 10.4 Å². The highest BCUT2D eigenvalue weighted by molar-refractivity contribution is 5.20. The molecule has 1 aliphatic heterocycles. The zero-order valence-corrected chi connectivity index (χ0v) is 8.47. The van der Waals surface area contributed by atoms with Gasteiger partial charge in [0.15, 0.2) is 0 Å². The zero-order chi connectivity index (χ0) is 10.3. The summed E-state index contributed by atoms with van der Waals surface area (Å²) in [5.41, 5.74) is 3.09. The SMILES string of the molecule is C1=CNN(CCOc2ccccc2)C=C1. The Labute approximate surface area is 89.6 Å². The minimum Gasteiger partial charge on any atom is -0.492 e. The lowest BCUT2D eigenvalue weighted by atomic mass is 10.3. The van der Waals surface area contributed by atoms with E-state index >= 15 is 0 Å². The van der Waals surface area contributed by atoms with Crippen molar-refractivity contribution < 1.29 is 4.74 Å². The Kier molecular flexibility index (Phi) is 3.28. The average molecular weight is 202 g/mol. The first-order chi connectivity index (χ1) is 7.45. The van der Waals surface area contributed by atoms with Gasteiger partial charge in [0, 0.05) is 12.4 Å². The van der Waals surface area contributed by atoms with Crippen LogP contribution >= 0.6 is 0 Å². The quantitative estimate of drug-likeness (QED) is 0.807. The van der Waals surface area contributed by atoms with E-state index in [1.165, 1.54) is 0 Å². The van der Waals surface area contributed by atoms with E-state index < -0.39 is 0 Å². The molecule has 3 nitrogen and oxygen atoms in total. The highest BCUT2D eigenvalue weighted by Gasteiger charge is 1.98. The van der Waals surface area contributed by atoms with Gasteiger partial charge in [-0.2, -0.15) is 0 Å². The number of nitrogens with zero attached hydrogens (tertiary/aromatic N) is 1. The van der Waals surface area contributed by atoms with Gasteiger partial charge in [-0.15, -0.1) is 0 Å². The van der Waals surface area contributed by atoms with Crippen LogP contribution in [0.25, 0.3) is 0 Å². The first-order valence-corrected chi connectivity index (χ1v) is 4.99. The summed E-state index contributed by atoms with van der Waals surface area (Å²) in [6.07, 6.45) is 7.81. The van der Waals surface area contributed by atoms with Crippen molar-refractivity contribution in [3.63, 3.8) is 0 Å². The molecule has 78 valence electrons. The van der Waals surface area contributed by atoms with E-state index in [4.69, 9.17) is 4.74 Å². The third kappa shape index (κ3) is 3.06. The second-order valence-electron chi connectivity index (χ2n) is 3.18. The minimum absolute atomic E-state index is 0.662. The number of rotatable bonds is 4. The largest absolute Gasteiger partial charge is 0.492 e. The molecule has 15 heavy (non-hydrogen) atoms. The van der Waals surface area contributed by atoms with Crippen LogP contribution in [0, 0.1) is 0 Å². The van der Waals surface area contributed by atoms with E-state index in [1.807, 2.05) is 59.9 Å². The monoisotopic (exact) mass is 202 g/mol. The topological polar surface area (TPSA) is 24.5 Å². The molecule has 0 atom stereocenters. The number of hydrogen-bond donors (Lipinski definition) is 1. The minimum atomic E-state index is 0.662. The Balaban J connectivity index is 1.71. The van der Waals surface area contributed by atoms with E-state index in [0.717, 1.165) is 12.3 Å². The molecular formula is C12H14N2O. The highest BCUT2D eigenvalue weighted by Crippen LogP contribution is 2.07. The van der Waals surface area contributed by atoms with Crippen LogP contribution in [0.5, 0.6) is 5.75 Å². The number of para-hydroxylation sites is 1. The predicted octanol–water partition coefficient (Wildman–Crippen LogP) is 1.91. The van der Waals surface area contributed by atoms with Crippen LogP contribution in [-0.2, 0) is 0 Å². The number of hydrogen-bond acceptors (Lipinski definition) is 3. The molecule has 2 rings (SSSR count). The lowest BCUT2D eigenvalue weighted by Crippen LogP contribution is -2.33. The maximum atomic E-state index is 5.57. The number of benzene rings is 1. The zero-order valence-electron chi connectivity index (χ0n) is 8.47. The Morgan fingerprint density at radius 2 is 2.00 bits per heavy atom. The Hall–Kier alpha value is -1.90. The Morgan fingerprint density at radius 3 is 2.73 bits per heavy atom. The summed E-state index contributed by atoms with van der Waals surface area (Å²) in [6.45, 7) is 1.48. The van der Waals surface area contributed by atoms with Crippen molar-refractivity contribution >= 4 is 0 Å². The van der Waals surface area contributed by atoms with Crippen LogP contribution in [0.3, 0.4) is 0 Å². The smallest absolute Gasteiger partial charge is 0.119 e. The highest BCUT2D eigenvalue weighted by atomic mass is 16.5. The van der Waals surface area contributed by atoms with Gasteiger partial charge in [0.05, 0.1) is 6.54 Å². The van der Waals surface area contributed by atoms with Gasteiger partial charge in [-0.05, 0) is 24.3 Å². The van der Waals surface area contributed by atoms with Gasteiger partial charge in [0.25, 0.3) is 0 Å². The summed E-state index contributed by atoms with van der Waals surface area (Å²) in [6, 6.07) is 9.83. The van der Waals surface area contributed by atoms with Gasteiger partial charge in [0.2, 0.25) is 0 Å². The summed E-state index contributed by atoms with van der Waals surface area (Å²) in [4.78, 5) is 0. The summed E-state index contributed by atoms with van der Waals surface area (Å²) in [5.74, 6) is 0.911. The van der Waals surface area contributed by atoms with Crippen molar-refractivity contribution in [3.05, 3.63) is 54.9 Å². The van der Waals surface area contributed by atoms with Crippen LogP contribution < -0.4 is 10.2 Å². The number of ether oxygens (including phenoxy) is 1. The van der Waals surface area contributed by atoms with Gasteiger partial charge in [-0.3, -0.25) is 5.01 Å². The molecule has 1 aromatic carbocycles. The molecule has 0 aliphatic carbocycles. The average Bonchev–Trinajstić information content (AvgIpc) is 2.32. The van der Waals surface area contributed by atoms with Gasteiger partial charge in [-0.1, -0.05) is 18.2 Å². The number of nitrogens with one attached hydrogen (secondary N) is 1. The standard InChI is InChI=1S/C12H14N2O/c1-2-6-12(7-3-1)15-11-10-14-9-5-4-8-13-14/h1-9,13H,10-11H2. The molecule has 0 bridgehead atoms. The van der Waals surface area contributed by atoms with E-state index in [9.17, 15) is 0 Å². The summed E-state index contributed by atoms with van der Waals surface area (Å²) in [5, 5.41) is 1.98. The molecule has 1 N–H and O–H groups in total. The summed E-state index contributed by atoms with van der Waals surface area (Å²) >= 11 is 0. The lowest BCUT2D eigenvalue weighted by molar-refractivity contribution is 0.227. The van der Waals surface area contributed by atoms with Crippen molar-refractivity contribution in [1.29, 1.82) is 0 Å². The summed E-state index contributed by atoms with van der Waals surface area (Å²) in [7, 11) is 0. The van der Waals surface area contributed by atoms with Crippen LogP contribution in [0.4, 0.5) is 0 Å². The fraction of sp³-hybridized carbons (Fsp3) is 0.167. The van der Waals surface area contributed by atoms with Crippen LogP contribution in [-0.4, -0.2) is 18.2 Å². The molecule has 1 aromatic rings. The summed E-state index contributed by atoms with van der Waals surface area (Å²) < 4.78 is 5.57. The van der Waals surface area contributed by atoms with Gasteiger partial charge < -0.3 is 10.2 Å². The van der Waals surface area contributed by atoms with Crippen molar-refractivity contribution in [2.24, 2.45) is 0 Å². The number of allylic oxidation sites excluding steroid dienone is 2. The van der Waals surface area contributed by atoms with Crippen molar-refractivity contribution in [3.8, 4) is 5.75 Å². The van der Waals surface area contributed by atoms with Crippen LogP contribution in [0.1, 0.15) is 0 Å². The molecule has 0 unspecified atom stereocenters. The molecule has 0 saturated heterocycles. The van der Waals surface area contributed by atoms with Crippen LogP contribution in [0.15, 0.2) is 54.9 Å². The third-order valence-corrected chi connectivity index (χ3v) is 2.06. The maximum absolute atomic E-state index is 5.57. The van der Waals surface area contributed by atoms with E-state index in [1.54, 1.807) is 0 Å². The molecule has 0 amide bonds. The first-order valence-electron chi connectivity index (χ1n) is 4.99. The molecule has 1 aliphatic rings. The van der Waals surface area contributed by atoms with Gasteiger partial charge >= 0.3 is 0 Å². The molecule has 0 saturated carbocycles. The maximum Gasteiger partial charge on any atom is 0.119 e. The predicted molar refractivity (Wildman–Crippen MR) is 60.1 cm³/mol. The van der Waals surface area contributed by atoms with Crippen LogP contribution in [0.2, 0.25) is 0 Å². The van der Waals surface area contributed by atoms with Crippen molar-refractivity contribution in [2.45, 2.75) is 0 Å². The molecule has 0 aromatic heterocycles. The molecule has 0 radical (unpaired) electrons. The van der Waals surface area contributed by atoms with Crippen molar-refractivity contribution in [2.75, 3.05) is 13.2 Å². The number of hydrazine groups is 1. The fourth-order valence-corrected chi connectivity index (χ4v) is 1.31. The van der Waals surface area contributed by atoms with E-state index in [2.05, 4.69) is 5.43 Å². The normalized spacial score (nSPS) is 13.7. The van der Waals surface area contributed by atoms with Gasteiger partial charge in [-0.25, -0.2) is 0 Å². The molecular weight excluding hydrogens is 188 g/mol. The fourth-order valence-electron chi connectivity index (χ4n) is 1.31. The molecule has 0 fully saturated rings. The Morgan fingerprint density at radius 1 is 1.13 bits per heavy atom.